The summed E-state index contributed by atoms with van der Waals surface area (Å²) in [7, 11) is 6.74. The second kappa shape index (κ2) is 10.4. The summed E-state index contributed by atoms with van der Waals surface area (Å²) in [5, 5.41) is 8.76. The molecule has 2 N–H and O–H groups in total. The van der Waals surface area contributed by atoms with Crippen molar-refractivity contribution in [1.29, 1.82) is 0 Å². The summed E-state index contributed by atoms with van der Waals surface area (Å²) in [5.74, 6) is 0.195. The van der Waals surface area contributed by atoms with Crippen LogP contribution in [0.25, 0.3) is 0 Å². The van der Waals surface area contributed by atoms with Crippen molar-refractivity contribution in [2.45, 2.75) is 43.3 Å². The Hall–Kier alpha value is -3.18. The normalized spacial score (nSPS) is 13.3. The van der Waals surface area contributed by atoms with Gasteiger partial charge in [0, 0.05) is 14.1 Å². The summed E-state index contributed by atoms with van der Waals surface area (Å²) in [6.07, 6.45) is 0.837. The molecule has 0 aliphatic heterocycles. The van der Waals surface area contributed by atoms with Gasteiger partial charge in [0.25, 0.3) is 5.56 Å². The molecular weight excluding hydrogens is 454 g/mol. The number of thioether (sulfide) groups is 1. The molecule has 34 heavy (non-hydrogen) atoms. The number of hydrogen-bond donors (Lipinski definition) is 1. The van der Waals surface area contributed by atoms with Crippen molar-refractivity contribution in [3.63, 3.8) is 0 Å². The summed E-state index contributed by atoms with van der Waals surface area (Å²) < 4.78 is 4.00. The number of benzene rings is 1. The van der Waals surface area contributed by atoms with Crippen LogP contribution in [0.4, 0.5) is 5.82 Å². The van der Waals surface area contributed by atoms with Gasteiger partial charge < -0.3 is 10.3 Å². The molecule has 0 saturated carbocycles. The van der Waals surface area contributed by atoms with Gasteiger partial charge >= 0.3 is 5.69 Å². The van der Waals surface area contributed by atoms with Crippen molar-refractivity contribution < 1.29 is 4.79 Å². The molecule has 0 unspecified atom stereocenters. The molecule has 0 radical (unpaired) electrons. The molecule has 0 spiro atoms. The number of aromatic nitrogens is 5. The van der Waals surface area contributed by atoms with Gasteiger partial charge in [-0.1, -0.05) is 49.0 Å². The first-order valence-electron chi connectivity index (χ1n) is 11.0. The van der Waals surface area contributed by atoms with Crippen LogP contribution in [0.1, 0.15) is 48.1 Å². The first kappa shape index (κ1) is 25.4. The SMILES string of the molecule is CC[C@@H](c1nnc(S[C@H](C)C(=O)c2c(N)n(C)c(=O)n(C)c2=O)n1Cc1ccccc1)N(C)C. The van der Waals surface area contributed by atoms with Crippen LogP contribution in [0.2, 0.25) is 0 Å². The third kappa shape index (κ3) is 4.85. The Labute approximate surface area is 202 Å². The molecule has 1 aromatic carbocycles. The summed E-state index contributed by atoms with van der Waals surface area (Å²) in [4.78, 5) is 40.2. The third-order valence-electron chi connectivity index (χ3n) is 5.84. The summed E-state index contributed by atoms with van der Waals surface area (Å²) >= 11 is 1.22. The number of carbonyl (C=O) groups is 1. The second-order valence-corrected chi connectivity index (χ2v) is 9.70. The van der Waals surface area contributed by atoms with Crippen molar-refractivity contribution in [3.8, 4) is 0 Å². The Kier molecular flexibility index (Phi) is 7.78. The standard InChI is InChI=1S/C23H31N7O3S/c1-7-16(27(3)4)20-25-26-22(30(20)13-15-11-9-8-10-12-15)34-14(2)18(31)17-19(24)28(5)23(33)29(6)21(17)32/h8-12,14,16H,7,13,24H2,1-6H3/t14-,16+/m1/s1. The Morgan fingerprint density at radius 3 is 2.35 bits per heavy atom. The van der Waals surface area contributed by atoms with E-state index in [1.807, 2.05) is 49.0 Å². The van der Waals surface area contributed by atoms with Gasteiger partial charge in [-0.3, -0.25) is 23.6 Å². The fourth-order valence-corrected chi connectivity index (χ4v) is 4.75. The zero-order valence-electron chi connectivity index (χ0n) is 20.3. The number of hydrogen-bond acceptors (Lipinski definition) is 8. The first-order valence-corrected chi connectivity index (χ1v) is 11.9. The highest BCUT2D eigenvalue weighted by Crippen LogP contribution is 2.29. The molecule has 3 rings (SSSR count). The molecule has 3 aromatic rings. The van der Waals surface area contributed by atoms with Crippen molar-refractivity contribution in [2.75, 3.05) is 19.8 Å². The van der Waals surface area contributed by atoms with Crippen LogP contribution in [-0.2, 0) is 20.6 Å². The Morgan fingerprint density at radius 1 is 1.12 bits per heavy atom. The molecule has 0 bridgehead atoms. The van der Waals surface area contributed by atoms with Gasteiger partial charge in [-0.05, 0) is 33.0 Å². The third-order valence-corrected chi connectivity index (χ3v) is 6.93. The lowest BCUT2D eigenvalue weighted by molar-refractivity contribution is 0.0992. The van der Waals surface area contributed by atoms with Crippen molar-refractivity contribution in [3.05, 3.63) is 68.1 Å². The number of rotatable bonds is 9. The van der Waals surface area contributed by atoms with E-state index in [0.29, 0.717) is 11.7 Å². The van der Waals surface area contributed by atoms with Crippen LogP contribution in [-0.4, -0.2) is 53.9 Å². The molecule has 0 saturated heterocycles. The van der Waals surface area contributed by atoms with E-state index < -0.39 is 22.3 Å². The van der Waals surface area contributed by atoms with Crippen LogP contribution >= 0.6 is 11.8 Å². The maximum Gasteiger partial charge on any atom is 0.332 e. The predicted molar refractivity (Wildman–Crippen MR) is 133 cm³/mol. The van der Waals surface area contributed by atoms with Crippen LogP contribution < -0.4 is 17.0 Å². The lowest BCUT2D eigenvalue weighted by Crippen LogP contribution is -2.42. The molecule has 10 nitrogen and oxygen atoms in total. The molecule has 2 atom stereocenters. The van der Waals surface area contributed by atoms with Crippen molar-refractivity contribution in [2.24, 2.45) is 14.1 Å². The van der Waals surface area contributed by atoms with E-state index in [2.05, 4.69) is 22.0 Å². The van der Waals surface area contributed by atoms with Gasteiger partial charge in [0.2, 0.25) is 0 Å². The van der Waals surface area contributed by atoms with E-state index in [-0.39, 0.29) is 17.4 Å². The zero-order valence-corrected chi connectivity index (χ0v) is 21.2. The molecule has 2 aromatic heterocycles. The quantitative estimate of drug-likeness (QED) is 0.359. The van der Waals surface area contributed by atoms with E-state index >= 15 is 0 Å². The Bertz CT molecular complexity index is 1290. The first-order chi connectivity index (χ1) is 16.1. The molecule has 0 fully saturated rings. The lowest BCUT2D eigenvalue weighted by Gasteiger charge is -2.23. The highest BCUT2D eigenvalue weighted by Gasteiger charge is 2.28. The van der Waals surface area contributed by atoms with Gasteiger partial charge in [0.1, 0.15) is 11.4 Å². The summed E-state index contributed by atoms with van der Waals surface area (Å²) in [6.45, 7) is 4.32. The number of anilines is 1. The second-order valence-electron chi connectivity index (χ2n) is 8.39. The minimum Gasteiger partial charge on any atom is -0.384 e. The largest absolute Gasteiger partial charge is 0.384 e. The maximum absolute atomic E-state index is 13.3. The van der Waals surface area contributed by atoms with Gasteiger partial charge in [-0.25, -0.2) is 4.79 Å². The topological polar surface area (TPSA) is 121 Å². The Balaban J connectivity index is 2.01. The molecular formula is C23H31N7O3S. The fraction of sp³-hybridized carbons (Fsp3) is 0.435. The van der Waals surface area contributed by atoms with E-state index in [9.17, 15) is 14.4 Å². The number of Topliss-reactive ketones (excluding diaryl/α,β-unsaturated/α-hetero) is 1. The van der Waals surface area contributed by atoms with Gasteiger partial charge in [-0.2, -0.15) is 0 Å². The fourth-order valence-electron chi connectivity index (χ4n) is 3.83. The number of ketones is 1. The van der Waals surface area contributed by atoms with Gasteiger partial charge in [0.05, 0.1) is 17.8 Å². The van der Waals surface area contributed by atoms with Gasteiger partial charge in [0.15, 0.2) is 16.8 Å². The van der Waals surface area contributed by atoms with Crippen molar-refractivity contribution in [1.82, 2.24) is 28.8 Å². The predicted octanol–water partition coefficient (Wildman–Crippen LogP) is 1.68. The number of nitrogen functional groups attached to an aromatic ring is 1. The highest BCUT2D eigenvalue weighted by molar-refractivity contribution is 8.00. The Morgan fingerprint density at radius 2 is 1.76 bits per heavy atom. The maximum atomic E-state index is 13.3. The monoisotopic (exact) mass is 485 g/mol. The van der Waals surface area contributed by atoms with E-state index in [1.54, 1.807) is 6.92 Å². The smallest absolute Gasteiger partial charge is 0.332 e. The highest BCUT2D eigenvalue weighted by atomic mass is 32.2. The number of nitrogens with two attached hydrogens (primary N) is 1. The summed E-state index contributed by atoms with van der Waals surface area (Å²) in [5.41, 5.74) is 5.59. The van der Waals surface area contributed by atoms with E-state index in [0.717, 1.165) is 26.9 Å². The lowest BCUT2D eigenvalue weighted by atomic mass is 10.1. The molecule has 11 heteroatoms. The molecule has 182 valence electrons. The van der Waals surface area contributed by atoms with Crippen LogP contribution in [0, 0.1) is 0 Å². The zero-order chi connectivity index (χ0) is 25.2. The van der Waals surface area contributed by atoms with Crippen LogP contribution in [0.15, 0.2) is 45.1 Å². The average Bonchev–Trinajstić information content (AvgIpc) is 3.18. The minimum atomic E-state index is -0.705. The summed E-state index contributed by atoms with van der Waals surface area (Å²) in [6, 6.07) is 10.00. The van der Waals surface area contributed by atoms with E-state index in [4.69, 9.17) is 5.73 Å². The molecule has 2 heterocycles. The van der Waals surface area contributed by atoms with Crippen LogP contribution in [0.5, 0.6) is 0 Å². The van der Waals surface area contributed by atoms with Gasteiger partial charge in [-0.15, -0.1) is 10.2 Å². The molecule has 0 aliphatic carbocycles. The minimum absolute atomic E-state index is 0.0446. The number of carbonyl (C=O) groups excluding carboxylic acids is 1. The molecule has 0 aliphatic rings. The average molecular weight is 486 g/mol. The molecule has 0 amide bonds. The van der Waals surface area contributed by atoms with Crippen molar-refractivity contribution >= 4 is 23.4 Å². The number of nitrogens with zero attached hydrogens (tertiary/aromatic N) is 6. The van der Waals surface area contributed by atoms with Crippen LogP contribution in [0.3, 0.4) is 0 Å². The van der Waals surface area contributed by atoms with E-state index in [1.165, 1.54) is 25.9 Å².